The second kappa shape index (κ2) is 8.48. The number of aryl methyl sites for hydroxylation is 1. The zero-order valence-corrected chi connectivity index (χ0v) is 16.7. The second-order valence-corrected chi connectivity index (χ2v) is 7.49. The summed E-state index contributed by atoms with van der Waals surface area (Å²) in [4.78, 5) is 24.5. The zero-order valence-electron chi connectivity index (χ0n) is 15.8. The van der Waals surface area contributed by atoms with Crippen molar-refractivity contribution in [3.63, 3.8) is 0 Å². The smallest absolute Gasteiger partial charge is 0.219 e. The van der Waals surface area contributed by atoms with E-state index < -0.39 is 0 Å². The number of nitrogens with one attached hydrogen (secondary N) is 2. The highest BCUT2D eigenvalue weighted by Crippen LogP contribution is 2.20. The van der Waals surface area contributed by atoms with Gasteiger partial charge in [-0.15, -0.1) is 0 Å². The Balaban J connectivity index is 1.49. The van der Waals surface area contributed by atoms with Gasteiger partial charge in [-0.05, 0) is 37.2 Å². The molecule has 1 saturated carbocycles. The largest absolute Gasteiger partial charge is 0.370 e. The molecule has 1 fully saturated rings. The molecule has 9 nitrogen and oxygen atoms in total. The molecule has 0 aromatic carbocycles. The zero-order chi connectivity index (χ0) is 20.2. The summed E-state index contributed by atoms with van der Waals surface area (Å²) in [5, 5.41) is 11.3. The highest BCUT2D eigenvalue weighted by Gasteiger charge is 2.16. The Morgan fingerprint density at radius 1 is 1.24 bits per heavy atom. The van der Waals surface area contributed by atoms with Gasteiger partial charge in [0.2, 0.25) is 5.91 Å². The van der Waals surface area contributed by atoms with Gasteiger partial charge in [-0.3, -0.25) is 14.5 Å². The summed E-state index contributed by atoms with van der Waals surface area (Å²) in [5.74, 6) is 0.258. The first-order valence-electron chi connectivity index (χ1n) is 9.59. The van der Waals surface area contributed by atoms with Crippen LogP contribution in [-0.4, -0.2) is 41.8 Å². The maximum atomic E-state index is 10.9. The quantitative estimate of drug-likeness (QED) is 0.527. The minimum Gasteiger partial charge on any atom is -0.370 e. The van der Waals surface area contributed by atoms with Crippen LogP contribution in [0.2, 0.25) is 0 Å². The van der Waals surface area contributed by atoms with E-state index in [4.69, 9.17) is 18.0 Å². The molecule has 4 N–H and O–H groups in total. The topological polar surface area (TPSA) is 124 Å². The minimum atomic E-state index is -0.364. The van der Waals surface area contributed by atoms with Crippen LogP contribution >= 0.6 is 12.2 Å². The molecule has 10 heteroatoms. The highest BCUT2D eigenvalue weighted by atomic mass is 32.1. The van der Waals surface area contributed by atoms with Gasteiger partial charge in [0.25, 0.3) is 0 Å². The lowest BCUT2D eigenvalue weighted by Crippen LogP contribution is -2.36. The van der Waals surface area contributed by atoms with E-state index in [1.165, 1.54) is 12.8 Å². The number of amides is 1. The number of rotatable bonds is 6. The number of carbonyl (C=O) groups excluding carboxylic acids is 1. The van der Waals surface area contributed by atoms with Crippen LogP contribution in [0, 0.1) is 0 Å². The number of anilines is 1. The van der Waals surface area contributed by atoms with Crippen molar-refractivity contribution in [2.45, 2.75) is 44.7 Å². The van der Waals surface area contributed by atoms with Gasteiger partial charge >= 0.3 is 0 Å². The minimum absolute atomic E-state index is 0.232. The van der Waals surface area contributed by atoms with E-state index in [0.717, 1.165) is 18.4 Å². The van der Waals surface area contributed by atoms with Gasteiger partial charge in [-0.25, -0.2) is 9.97 Å². The Labute approximate surface area is 173 Å². The van der Waals surface area contributed by atoms with Crippen LogP contribution < -0.4 is 16.4 Å². The molecule has 0 atom stereocenters. The predicted octanol–water partition coefficient (Wildman–Crippen LogP) is 1.99. The average Bonchev–Trinajstić information content (AvgIpc) is 3.37. The monoisotopic (exact) mass is 410 g/mol. The number of aromatic nitrogens is 5. The number of fused-ring (bicyclic) bond motifs is 1. The molecule has 0 aliphatic heterocycles. The van der Waals surface area contributed by atoms with Gasteiger partial charge in [0, 0.05) is 30.8 Å². The van der Waals surface area contributed by atoms with E-state index in [1.807, 2.05) is 18.3 Å². The molecule has 0 unspecified atom stereocenters. The lowest BCUT2D eigenvalue weighted by Gasteiger charge is -2.15. The van der Waals surface area contributed by atoms with Gasteiger partial charge in [0.15, 0.2) is 10.8 Å². The molecule has 29 heavy (non-hydrogen) atoms. The molecule has 1 aliphatic rings. The molecule has 1 amide bonds. The number of pyridine rings is 1. The van der Waals surface area contributed by atoms with Gasteiger partial charge in [0.05, 0.1) is 18.1 Å². The third-order valence-corrected chi connectivity index (χ3v) is 5.08. The summed E-state index contributed by atoms with van der Waals surface area (Å²) in [6.45, 7) is 0.425. The summed E-state index contributed by atoms with van der Waals surface area (Å²) in [7, 11) is 0. The van der Waals surface area contributed by atoms with Crippen molar-refractivity contribution >= 4 is 40.2 Å². The number of nitrogens with two attached hydrogens (primary N) is 1. The summed E-state index contributed by atoms with van der Waals surface area (Å²) in [5.41, 5.74) is 7.83. The molecule has 0 bridgehead atoms. The first-order chi connectivity index (χ1) is 14.1. The van der Waals surface area contributed by atoms with Gasteiger partial charge < -0.3 is 16.4 Å². The molecule has 3 heterocycles. The van der Waals surface area contributed by atoms with Crippen LogP contribution in [-0.2, 0) is 11.3 Å². The van der Waals surface area contributed by atoms with E-state index in [1.54, 1.807) is 17.1 Å². The molecule has 0 spiro atoms. The molecule has 0 radical (unpaired) electrons. The van der Waals surface area contributed by atoms with Crippen molar-refractivity contribution in [3.05, 3.63) is 30.7 Å². The van der Waals surface area contributed by atoms with Crippen LogP contribution in [0.15, 0.2) is 30.7 Å². The maximum Gasteiger partial charge on any atom is 0.219 e. The van der Waals surface area contributed by atoms with Crippen molar-refractivity contribution in [2.24, 2.45) is 5.73 Å². The lowest BCUT2D eigenvalue weighted by atomic mass is 10.2. The number of carbonyl (C=O) groups is 1. The predicted molar refractivity (Wildman–Crippen MR) is 114 cm³/mol. The van der Waals surface area contributed by atoms with Crippen molar-refractivity contribution in [2.75, 3.05) is 5.32 Å². The van der Waals surface area contributed by atoms with Crippen LogP contribution in [0.1, 0.15) is 32.1 Å². The van der Waals surface area contributed by atoms with Crippen molar-refractivity contribution in [3.8, 4) is 11.3 Å². The SMILES string of the molecule is NC(=O)CCn1cc(-c2cnc3ccc(NC(=S)NC4CCCC4)nc3n2)cn1. The van der Waals surface area contributed by atoms with E-state index in [0.29, 0.717) is 40.4 Å². The number of primary amides is 1. The number of hydrogen-bond donors (Lipinski definition) is 3. The number of hydrogen-bond acceptors (Lipinski definition) is 6. The van der Waals surface area contributed by atoms with Crippen LogP contribution in [0.4, 0.5) is 5.82 Å². The standard InChI is InChI=1S/C19H22N8OS/c20-16(28)7-8-27-11-12(9-22-27)15-10-21-14-5-6-17(25-18(14)24-15)26-19(29)23-13-3-1-2-4-13/h5-6,9-11,13H,1-4,7-8H2,(H2,20,28)(H2,23,24,25,26,29). The number of nitrogens with zero attached hydrogens (tertiary/aromatic N) is 5. The normalized spacial score (nSPS) is 14.2. The summed E-state index contributed by atoms with van der Waals surface area (Å²) >= 11 is 5.40. The van der Waals surface area contributed by atoms with E-state index >= 15 is 0 Å². The average molecular weight is 411 g/mol. The van der Waals surface area contributed by atoms with Gasteiger partial charge in [-0.2, -0.15) is 5.10 Å². The maximum absolute atomic E-state index is 10.9. The Morgan fingerprint density at radius 3 is 2.86 bits per heavy atom. The van der Waals surface area contributed by atoms with Gasteiger partial charge in [-0.1, -0.05) is 12.8 Å². The fourth-order valence-corrected chi connectivity index (χ4v) is 3.63. The molecular formula is C19H22N8OS. The Hall–Kier alpha value is -3.14. The molecular weight excluding hydrogens is 388 g/mol. The molecule has 3 aromatic heterocycles. The van der Waals surface area contributed by atoms with Crippen molar-refractivity contribution in [1.82, 2.24) is 30.0 Å². The van der Waals surface area contributed by atoms with Crippen LogP contribution in [0.3, 0.4) is 0 Å². The van der Waals surface area contributed by atoms with Gasteiger partial charge in [0.1, 0.15) is 11.3 Å². The fourth-order valence-electron chi connectivity index (χ4n) is 3.36. The Kier molecular flexibility index (Phi) is 5.61. The van der Waals surface area contributed by atoms with E-state index in [2.05, 4.69) is 30.7 Å². The molecule has 1 aliphatic carbocycles. The fraction of sp³-hybridized carbons (Fsp3) is 0.368. The van der Waals surface area contributed by atoms with Crippen LogP contribution in [0.5, 0.6) is 0 Å². The lowest BCUT2D eigenvalue weighted by molar-refractivity contribution is -0.118. The van der Waals surface area contributed by atoms with Crippen molar-refractivity contribution < 1.29 is 4.79 Å². The summed E-state index contributed by atoms with van der Waals surface area (Å²) in [6.07, 6.45) is 10.2. The molecule has 150 valence electrons. The Bertz CT molecular complexity index is 1040. The Morgan fingerprint density at radius 2 is 2.07 bits per heavy atom. The van der Waals surface area contributed by atoms with Crippen LogP contribution in [0.25, 0.3) is 22.4 Å². The molecule has 3 aromatic rings. The van der Waals surface area contributed by atoms with E-state index in [9.17, 15) is 4.79 Å². The molecule has 4 rings (SSSR count). The van der Waals surface area contributed by atoms with Crippen molar-refractivity contribution in [1.29, 1.82) is 0 Å². The second-order valence-electron chi connectivity index (χ2n) is 7.08. The first-order valence-corrected chi connectivity index (χ1v) is 10.00. The first kappa shape index (κ1) is 19.2. The van der Waals surface area contributed by atoms with E-state index in [-0.39, 0.29) is 12.3 Å². The highest BCUT2D eigenvalue weighted by molar-refractivity contribution is 7.80. The third kappa shape index (κ3) is 4.83. The third-order valence-electron chi connectivity index (χ3n) is 4.86. The summed E-state index contributed by atoms with van der Waals surface area (Å²) < 4.78 is 1.66. The molecule has 0 saturated heterocycles. The number of thiocarbonyl (C=S) groups is 1. The summed E-state index contributed by atoms with van der Waals surface area (Å²) in [6, 6.07) is 4.13.